The van der Waals surface area contributed by atoms with E-state index < -0.39 is 0 Å². The molecule has 3 rings (SSSR count). The molecule has 4 heteroatoms. The Hall–Kier alpha value is -2.07. The predicted octanol–water partition coefficient (Wildman–Crippen LogP) is 3.44. The largest absolute Gasteiger partial charge is 0.358 e. The van der Waals surface area contributed by atoms with E-state index in [0.717, 1.165) is 16.8 Å². The Balaban J connectivity index is 1.59. The van der Waals surface area contributed by atoms with Crippen LogP contribution in [0.3, 0.4) is 0 Å². The maximum atomic E-state index is 11.9. The number of para-hydroxylation sites is 1. The van der Waals surface area contributed by atoms with Gasteiger partial charge in [-0.15, -0.1) is 11.3 Å². The van der Waals surface area contributed by atoms with Crippen molar-refractivity contribution >= 4 is 28.1 Å². The first kappa shape index (κ1) is 13.9. The minimum absolute atomic E-state index is 0.0925. The molecular formula is C17H18N2OS. The van der Waals surface area contributed by atoms with E-state index in [1.165, 1.54) is 16.6 Å². The molecule has 108 valence electrons. The second kappa shape index (κ2) is 6.14. The van der Waals surface area contributed by atoms with E-state index in [2.05, 4.69) is 35.4 Å². The Morgan fingerprint density at radius 3 is 2.90 bits per heavy atom. The van der Waals surface area contributed by atoms with Gasteiger partial charge in [0.25, 0.3) is 0 Å². The number of aromatic amines is 1. The smallest absolute Gasteiger partial charge is 0.225 e. The Morgan fingerprint density at radius 1 is 1.24 bits per heavy atom. The summed E-state index contributed by atoms with van der Waals surface area (Å²) in [6.45, 7) is 2.76. The Labute approximate surface area is 128 Å². The fraction of sp³-hybridized carbons (Fsp3) is 0.235. The third kappa shape index (κ3) is 3.16. The lowest BCUT2D eigenvalue weighted by Crippen LogP contribution is -2.27. The summed E-state index contributed by atoms with van der Waals surface area (Å²) >= 11 is 1.62. The summed E-state index contributed by atoms with van der Waals surface area (Å²) in [5.74, 6) is 0.0925. The van der Waals surface area contributed by atoms with Crippen LogP contribution in [0.25, 0.3) is 10.9 Å². The van der Waals surface area contributed by atoms with E-state index in [1.807, 2.05) is 23.6 Å². The Kier molecular flexibility index (Phi) is 4.06. The molecule has 1 aromatic carbocycles. The van der Waals surface area contributed by atoms with Crippen LogP contribution in [-0.2, 0) is 17.6 Å². The number of thiophene rings is 1. The number of amides is 1. The second-order valence-corrected chi connectivity index (χ2v) is 6.16. The number of carbonyl (C=O) groups excluding carboxylic acids is 1. The topological polar surface area (TPSA) is 44.9 Å². The zero-order valence-corrected chi connectivity index (χ0v) is 12.8. The molecule has 0 unspecified atom stereocenters. The fourth-order valence-corrected chi connectivity index (χ4v) is 3.32. The lowest BCUT2D eigenvalue weighted by molar-refractivity contribution is -0.120. The van der Waals surface area contributed by atoms with Crippen molar-refractivity contribution in [1.82, 2.24) is 10.3 Å². The first-order valence-corrected chi connectivity index (χ1v) is 7.97. The number of aromatic nitrogens is 1. The van der Waals surface area contributed by atoms with Crippen LogP contribution in [0.15, 0.2) is 41.8 Å². The maximum absolute atomic E-state index is 11.9. The molecule has 3 aromatic rings. The minimum Gasteiger partial charge on any atom is -0.358 e. The highest BCUT2D eigenvalue weighted by atomic mass is 32.1. The maximum Gasteiger partial charge on any atom is 0.225 e. The first-order valence-electron chi connectivity index (χ1n) is 7.09. The van der Waals surface area contributed by atoms with Crippen LogP contribution in [-0.4, -0.2) is 17.4 Å². The predicted molar refractivity (Wildman–Crippen MR) is 87.8 cm³/mol. The lowest BCUT2D eigenvalue weighted by atomic mass is 10.1. The van der Waals surface area contributed by atoms with Gasteiger partial charge < -0.3 is 10.3 Å². The van der Waals surface area contributed by atoms with Crippen molar-refractivity contribution in [2.75, 3.05) is 6.54 Å². The summed E-state index contributed by atoms with van der Waals surface area (Å²) in [6.07, 6.45) is 1.33. The van der Waals surface area contributed by atoms with Crippen LogP contribution in [0, 0.1) is 6.92 Å². The normalized spacial score (nSPS) is 10.9. The molecule has 1 amide bonds. The second-order valence-electron chi connectivity index (χ2n) is 5.13. The highest BCUT2D eigenvalue weighted by Crippen LogP contribution is 2.21. The number of nitrogens with one attached hydrogen (secondary N) is 2. The molecule has 0 atom stereocenters. The number of carbonyl (C=O) groups is 1. The van der Waals surface area contributed by atoms with Gasteiger partial charge in [-0.3, -0.25) is 4.79 Å². The van der Waals surface area contributed by atoms with E-state index in [0.29, 0.717) is 13.0 Å². The van der Waals surface area contributed by atoms with Crippen molar-refractivity contribution in [1.29, 1.82) is 0 Å². The Morgan fingerprint density at radius 2 is 2.10 bits per heavy atom. The van der Waals surface area contributed by atoms with Gasteiger partial charge in [0.05, 0.1) is 6.42 Å². The van der Waals surface area contributed by atoms with Gasteiger partial charge in [0, 0.05) is 28.0 Å². The number of aryl methyl sites for hydroxylation is 1. The number of H-pyrrole nitrogens is 1. The highest BCUT2D eigenvalue weighted by molar-refractivity contribution is 7.10. The van der Waals surface area contributed by atoms with Crippen LogP contribution >= 0.6 is 11.3 Å². The van der Waals surface area contributed by atoms with E-state index in [-0.39, 0.29) is 5.91 Å². The quantitative estimate of drug-likeness (QED) is 0.744. The van der Waals surface area contributed by atoms with Gasteiger partial charge >= 0.3 is 0 Å². The first-order chi connectivity index (χ1) is 10.2. The zero-order chi connectivity index (χ0) is 14.7. The van der Waals surface area contributed by atoms with Gasteiger partial charge in [0.1, 0.15) is 0 Å². The summed E-state index contributed by atoms with van der Waals surface area (Å²) in [5, 5.41) is 6.26. The molecule has 2 N–H and O–H groups in total. The Bertz CT molecular complexity index is 743. The molecule has 0 spiro atoms. The molecule has 0 saturated heterocycles. The van der Waals surface area contributed by atoms with Crippen molar-refractivity contribution in [3.63, 3.8) is 0 Å². The van der Waals surface area contributed by atoms with Gasteiger partial charge in [-0.2, -0.15) is 0 Å². The molecule has 0 fully saturated rings. The highest BCUT2D eigenvalue weighted by Gasteiger charge is 2.08. The fourth-order valence-electron chi connectivity index (χ4n) is 2.62. The molecule has 2 heterocycles. The summed E-state index contributed by atoms with van der Waals surface area (Å²) in [5.41, 5.74) is 3.64. The molecule has 3 nitrogen and oxygen atoms in total. The molecule has 0 bridgehead atoms. The van der Waals surface area contributed by atoms with Gasteiger partial charge in [0.15, 0.2) is 0 Å². The van der Waals surface area contributed by atoms with Crippen molar-refractivity contribution in [2.45, 2.75) is 19.8 Å². The third-order valence-electron chi connectivity index (χ3n) is 3.64. The summed E-state index contributed by atoms with van der Waals surface area (Å²) in [7, 11) is 0. The summed E-state index contributed by atoms with van der Waals surface area (Å²) in [6, 6.07) is 12.3. The van der Waals surface area contributed by atoms with Gasteiger partial charge in [-0.05, 0) is 36.4 Å². The molecule has 0 saturated carbocycles. The van der Waals surface area contributed by atoms with Crippen molar-refractivity contribution < 1.29 is 4.79 Å². The molecular weight excluding hydrogens is 280 g/mol. The zero-order valence-electron chi connectivity index (χ0n) is 12.0. The number of rotatable bonds is 5. The van der Waals surface area contributed by atoms with E-state index in [4.69, 9.17) is 0 Å². The van der Waals surface area contributed by atoms with Gasteiger partial charge in [0.2, 0.25) is 5.91 Å². The SMILES string of the molecule is Cc1[nH]c2ccccc2c1CCNC(=O)Cc1cccs1. The average Bonchev–Trinajstić information content (AvgIpc) is 3.07. The standard InChI is InChI=1S/C17H18N2OS/c1-12-14(15-6-2-3-7-16(15)19-12)8-9-18-17(20)11-13-5-4-10-21-13/h2-7,10,19H,8-9,11H2,1H3,(H,18,20). The van der Waals surface area contributed by atoms with Crippen LogP contribution in [0.1, 0.15) is 16.1 Å². The summed E-state index contributed by atoms with van der Waals surface area (Å²) < 4.78 is 0. The van der Waals surface area contributed by atoms with Gasteiger partial charge in [-0.25, -0.2) is 0 Å². The average molecular weight is 298 g/mol. The van der Waals surface area contributed by atoms with Crippen LogP contribution in [0.4, 0.5) is 0 Å². The van der Waals surface area contributed by atoms with E-state index in [9.17, 15) is 4.79 Å². The number of fused-ring (bicyclic) bond motifs is 1. The third-order valence-corrected chi connectivity index (χ3v) is 4.52. The van der Waals surface area contributed by atoms with Crippen molar-refractivity contribution in [3.05, 3.63) is 57.9 Å². The number of benzene rings is 1. The molecule has 0 radical (unpaired) electrons. The molecule has 0 aliphatic carbocycles. The lowest BCUT2D eigenvalue weighted by Gasteiger charge is -2.05. The number of hydrogen-bond acceptors (Lipinski definition) is 2. The monoisotopic (exact) mass is 298 g/mol. The molecule has 0 aliphatic rings. The molecule has 2 aromatic heterocycles. The van der Waals surface area contributed by atoms with Crippen molar-refractivity contribution in [3.8, 4) is 0 Å². The van der Waals surface area contributed by atoms with Crippen LogP contribution in [0.5, 0.6) is 0 Å². The van der Waals surface area contributed by atoms with Gasteiger partial charge in [-0.1, -0.05) is 24.3 Å². The van der Waals surface area contributed by atoms with E-state index >= 15 is 0 Å². The van der Waals surface area contributed by atoms with Crippen LogP contribution < -0.4 is 5.32 Å². The van der Waals surface area contributed by atoms with Crippen LogP contribution in [0.2, 0.25) is 0 Å². The van der Waals surface area contributed by atoms with Crippen molar-refractivity contribution in [2.24, 2.45) is 0 Å². The minimum atomic E-state index is 0.0925. The summed E-state index contributed by atoms with van der Waals surface area (Å²) in [4.78, 5) is 16.4. The molecule has 0 aliphatic heterocycles. The van der Waals surface area contributed by atoms with E-state index in [1.54, 1.807) is 11.3 Å². The molecule has 21 heavy (non-hydrogen) atoms. The number of hydrogen-bond donors (Lipinski definition) is 2.